The van der Waals surface area contributed by atoms with Crippen LogP contribution in [-0.4, -0.2) is 41.1 Å². The van der Waals surface area contributed by atoms with E-state index in [1.54, 1.807) is 86.6 Å². The van der Waals surface area contributed by atoms with Crippen LogP contribution < -0.4 is 54.5 Å². The Morgan fingerprint density at radius 1 is 0.351 bits per heavy atom. The normalized spacial score (nSPS) is 11.0. The van der Waals surface area contributed by atoms with Gasteiger partial charge in [0.25, 0.3) is 0 Å². The smallest absolute Gasteiger partial charge is 0.417 e. The van der Waals surface area contributed by atoms with E-state index in [9.17, 15) is 36.0 Å². The fourth-order valence-corrected chi connectivity index (χ4v) is 8.98. The van der Waals surface area contributed by atoms with Crippen LogP contribution in [0.4, 0.5) is 53.3 Å². The highest BCUT2D eigenvalue weighted by Gasteiger charge is 2.20. The Morgan fingerprint density at radius 2 is 0.701 bits per heavy atom. The first-order valence-electron chi connectivity index (χ1n) is 23.3. The molecule has 21 heteroatoms. The SMILES string of the molecule is Cc1cccc(OC(=O)Nc2ccc(C)c(NC(=O)Nc3ccc(OS(=O)(=O)c4ccc(Oc5ccc(S(=O)(=O)Oc6ccc(NC(=O)Nc7cc(NC(=O)Oc8cccc(C)c8)ccc7C)cc6)cc5)cc4)cc3)c2)c1. The molecule has 19 nitrogen and oxygen atoms in total. The first-order valence-corrected chi connectivity index (χ1v) is 26.1. The molecule has 77 heavy (non-hydrogen) atoms. The minimum atomic E-state index is -4.31. The summed E-state index contributed by atoms with van der Waals surface area (Å²) in [6, 6.07) is 44.7. The standard InChI is InChI=1S/C56H48N6O13S2/c1-35-7-5-9-47(31-35)72-55(65)59-41-13-11-37(3)51(33-41)61-53(63)57-39-15-19-45(20-16-39)74-76(67,68)49-27-23-43(24-28-49)71-44-25-29-50(30-26-44)77(69,70)75-46-21-17-40(18-22-46)58-54(64)62-52-34-42(14-12-38(52)4)60-56(66)73-48-10-6-8-36(2)32-48/h5-34H,1-4H3,(H,59,65)(H,60,66)(H2,57,61,63)(H2,58,62,64). The highest BCUT2D eigenvalue weighted by molar-refractivity contribution is 7.87. The van der Waals surface area contributed by atoms with Gasteiger partial charge in [-0.15, -0.1) is 0 Å². The van der Waals surface area contributed by atoms with Crippen molar-refractivity contribution in [3.05, 3.63) is 204 Å². The average Bonchev–Trinajstić information content (AvgIpc) is 3.37. The van der Waals surface area contributed by atoms with Gasteiger partial charge >= 0.3 is 44.5 Å². The van der Waals surface area contributed by atoms with E-state index in [-0.39, 0.29) is 32.8 Å². The van der Waals surface area contributed by atoms with Crippen LogP contribution in [0.1, 0.15) is 22.3 Å². The van der Waals surface area contributed by atoms with Gasteiger partial charge in [0.1, 0.15) is 44.3 Å². The number of nitrogens with one attached hydrogen (secondary N) is 6. The van der Waals surface area contributed by atoms with Crippen molar-refractivity contribution in [1.82, 2.24) is 0 Å². The molecule has 6 N–H and O–H groups in total. The fourth-order valence-electron chi connectivity index (χ4n) is 7.12. The average molecular weight is 1080 g/mol. The number of hydrogen-bond acceptors (Lipinski definition) is 13. The Morgan fingerprint density at radius 3 is 1.06 bits per heavy atom. The summed E-state index contributed by atoms with van der Waals surface area (Å²) < 4.78 is 79.8. The molecule has 0 heterocycles. The van der Waals surface area contributed by atoms with Crippen molar-refractivity contribution in [2.75, 3.05) is 31.9 Å². The maximum absolute atomic E-state index is 13.2. The number of urea groups is 2. The molecule has 0 aliphatic carbocycles. The summed E-state index contributed by atoms with van der Waals surface area (Å²) in [5, 5.41) is 16.1. The van der Waals surface area contributed by atoms with E-state index in [0.29, 0.717) is 45.6 Å². The van der Waals surface area contributed by atoms with Crippen LogP contribution in [0.15, 0.2) is 192 Å². The Kier molecular flexibility index (Phi) is 16.3. The second-order valence-corrected chi connectivity index (χ2v) is 20.1. The minimum absolute atomic E-state index is 0.0262. The number of carbonyl (C=O) groups is 4. The van der Waals surface area contributed by atoms with Crippen molar-refractivity contribution in [2.24, 2.45) is 0 Å². The summed E-state index contributed by atoms with van der Waals surface area (Å²) in [5.41, 5.74) is 5.56. The molecule has 0 radical (unpaired) electrons. The van der Waals surface area contributed by atoms with Crippen LogP contribution in [-0.2, 0) is 20.2 Å². The van der Waals surface area contributed by atoms with Gasteiger partial charge in [0.15, 0.2) is 0 Å². The molecule has 8 rings (SSSR count). The summed E-state index contributed by atoms with van der Waals surface area (Å²) in [5.74, 6) is 1.19. The molecule has 8 aromatic rings. The van der Waals surface area contributed by atoms with Gasteiger partial charge in [-0.05, 0) is 196 Å². The van der Waals surface area contributed by atoms with E-state index in [1.165, 1.54) is 97.1 Å². The molecule has 0 aliphatic heterocycles. The van der Waals surface area contributed by atoms with E-state index < -0.39 is 44.5 Å². The number of amides is 6. The third-order valence-electron chi connectivity index (χ3n) is 11.0. The third-order valence-corrected chi connectivity index (χ3v) is 13.5. The number of aryl methyl sites for hydroxylation is 4. The minimum Gasteiger partial charge on any atom is -0.457 e. The molecule has 0 spiro atoms. The fraction of sp³-hybridized carbons (Fsp3) is 0.0714. The van der Waals surface area contributed by atoms with E-state index >= 15 is 0 Å². The first kappa shape index (κ1) is 53.4. The molecular weight excluding hydrogens is 1030 g/mol. The van der Waals surface area contributed by atoms with E-state index in [0.717, 1.165) is 22.3 Å². The Balaban J connectivity index is 0.779. The summed E-state index contributed by atoms with van der Waals surface area (Å²) in [4.78, 5) is 50.4. The third kappa shape index (κ3) is 15.1. The molecule has 0 saturated carbocycles. The first-order chi connectivity index (χ1) is 36.8. The number of hydrogen-bond donors (Lipinski definition) is 6. The largest absolute Gasteiger partial charge is 0.457 e. The zero-order valence-corrected chi connectivity index (χ0v) is 43.1. The topological polar surface area (TPSA) is 255 Å². The summed E-state index contributed by atoms with van der Waals surface area (Å²) >= 11 is 0. The number of ether oxygens (including phenoxy) is 3. The van der Waals surface area contributed by atoms with Crippen molar-refractivity contribution < 1.29 is 58.6 Å². The molecule has 0 aromatic heterocycles. The zero-order valence-electron chi connectivity index (χ0n) is 41.4. The lowest BCUT2D eigenvalue weighted by Crippen LogP contribution is -2.20. The summed E-state index contributed by atoms with van der Waals surface area (Å²) in [7, 11) is -8.62. The molecule has 0 saturated heterocycles. The van der Waals surface area contributed by atoms with Gasteiger partial charge in [0.05, 0.1) is 0 Å². The molecule has 0 unspecified atom stereocenters. The second-order valence-electron chi connectivity index (χ2n) is 17.0. The predicted molar refractivity (Wildman–Crippen MR) is 291 cm³/mol. The maximum atomic E-state index is 13.2. The van der Waals surface area contributed by atoms with Crippen molar-refractivity contribution in [2.45, 2.75) is 37.5 Å². The lowest BCUT2D eigenvalue weighted by atomic mass is 10.2. The van der Waals surface area contributed by atoms with Crippen molar-refractivity contribution in [3.8, 4) is 34.5 Å². The lowest BCUT2D eigenvalue weighted by molar-refractivity contribution is 0.214. The maximum Gasteiger partial charge on any atom is 0.417 e. The van der Waals surface area contributed by atoms with Crippen LogP contribution in [0.2, 0.25) is 0 Å². The number of anilines is 6. The van der Waals surface area contributed by atoms with Crippen molar-refractivity contribution >= 4 is 78.6 Å². The van der Waals surface area contributed by atoms with Crippen LogP contribution in [0.5, 0.6) is 34.5 Å². The monoisotopic (exact) mass is 1080 g/mol. The van der Waals surface area contributed by atoms with Crippen LogP contribution in [0.25, 0.3) is 0 Å². The second kappa shape index (κ2) is 23.6. The Bertz CT molecular complexity index is 3470. The van der Waals surface area contributed by atoms with Crippen LogP contribution >= 0.6 is 0 Å². The lowest BCUT2D eigenvalue weighted by Gasteiger charge is -2.13. The molecule has 0 bridgehead atoms. The van der Waals surface area contributed by atoms with Crippen molar-refractivity contribution in [1.29, 1.82) is 0 Å². The molecular formula is C56H48N6O13S2. The molecule has 6 amide bonds. The van der Waals surface area contributed by atoms with E-state index in [1.807, 2.05) is 26.0 Å². The number of rotatable bonds is 16. The molecule has 0 aliphatic rings. The number of benzene rings is 8. The quantitative estimate of drug-likeness (QED) is 0.0493. The molecule has 392 valence electrons. The van der Waals surface area contributed by atoms with Crippen LogP contribution in [0, 0.1) is 27.7 Å². The summed E-state index contributed by atoms with van der Waals surface area (Å²) in [6.07, 6.45) is -1.41. The van der Waals surface area contributed by atoms with Gasteiger partial charge in [-0.25, -0.2) is 19.2 Å². The van der Waals surface area contributed by atoms with Gasteiger partial charge in [0, 0.05) is 34.1 Å². The highest BCUT2D eigenvalue weighted by atomic mass is 32.2. The Labute approximate surface area is 443 Å². The molecule has 0 atom stereocenters. The number of carbonyl (C=O) groups excluding carboxylic acids is 4. The Hall–Kier alpha value is -9.86. The van der Waals surface area contributed by atoms with Crippen molar-refractivity contribution in [3.63, 3.8) is 0 Å². The predicted octanol–water partition coefficient (Wildman–Crippen LogP) is 12.8. The van der Waals surface area contributed by atoms with Gasteiger partial charge in [0.2, 0.25) is 0 Å². The van der Waals surface area contributed by atoms with Crippen LogP contribution in [0.3, 0.4) is 0 Å². The van der Waals surface area contributed by atoms with Gasteiger partial charge in [-0.3, -0.25) is 10.6 Å². The molecule has 0 fully saturated rings. The van der Waals surface area contributed by atoms with E-state index in [2.05, 4.69) is 31.9 Å². The van der Waals surface area contributed by atoms with Gasteiger partial charge < -0.3 is 43.8 Å². The van der Waals surface area contributed by atoms with Gasteiger partial charge in [-0.1, -0.05) is 36.4 Å². The summed E-state index contributed by atoms with van der Waals surface area (Å²) in [6.45, 7) is 7.31. The highest BCUT2D eigenvalue weighted by Crippen LogP contribution is 2.29. The molecule has 8 aromatic carbocycles. The van der Waals surface area contributed by atoms with E-state index in [4.69, 9.17) is 22.6 Å². The zero-order chi connectivity index (χ0) is 54.7. The van der Waals surface area contributed by atoms with Gasteiger partial charge in [-0.2, -0.15) is 16.8 Å².